The quantitative estimate of drug-likeness (QED) is 0.535. The van der Waals surface area contributed by atoms with Gasteiger partial charge in [0.15, 0.2) is 0 Å². The van der Waals surface area contributed by atoms with Crippen LogP contribution >= 0.6 is 0 Å². The Hall–Kier alpha value is -2.40. The molecular formula is C27H46BN5O5. The van der Waals surface area contributed by atoms with E-state index in [0.29, 0.717) is 19.0 Å². The van der Waals surface area contributed by atoms with Crippen LogP contribution < -0.4 is 15.7 Å². The van der Waals surface area contributed by atoms with Gasteiger partial charge in [-0.15, -0.1) is 0 Å². The molecule has 2 atom stereocenters. The Bertz CT molecular complexity index is 963. The third-order valence-electron chi connectivity index (χ3n) is 7.52. The first-order chi connectivity index (χ1) is 17.5. The highest BCUT2D eigenvalue weighted by molar-refractivity contribution is 6.61. The molecule has 0 aliphatic carbocycles. The van der Waals surface area contributed by atoms with E-state index in [4.69, 9.17) is 14.0 Å². The maximum Gasteiger partial charge on any atom is 0.498 e. The molecule has 0 saturated carbocycles. The first kappa shape index (κ1) is 30.2. The maximum atomic E-state index is 13.6. The predicted molar refractivity (Wildman–Crippen MR) is 148 cm³/mol. The zero-order valence-corrected chi connectivity index (χ0v) is 24.8. The van der Waals surface area contributed by atoms with Crippen LogP contribution in [0.15, 0.2) is 12.4 Å². The molecule has 0 unspecified atom stereocenters. The largest absolute Gasteiger partial charge is 0.498 e. The Morgan fingerprint density at radius 2 is 1.74 bits per heavy atom. The van der Waals surface area contributed by atoms with Crippen molar-refractivity contribution in [1.29, 1.82) is 0 Å². The number of aromatic nitrogens is 2. The third-order valence-corrected chi connectivity index (χ3v) is 7.52. The molecule has 10 nitrogen and oxygen atoms in total. The van der Waals surface area contributed by atoms with Crippen molar-refractivity contribution in [2.75, 3.05) is 25.0 Å². The second-order valence-electron chi connectivity index (χ2n) is 12.8. The zero-order chi connectivity index (χ0) is 28.5. The Morgan fingerprint density at radius 3 is 2.26 bits per heavy atom. The van der Waals surface area contributed by atoms with Gasteiger partial charge in [-0.1, -0.05) is 13.8 Å². The Balaban J connectivity index is 1.67. The van der Waals surface area contributed by atoms with E-state index in [1.807, 2.05) is 58.4 Å². The second kappa shape index (κ2) is 11.4. The average molecular weight is 532 g/mol. The number of amides is 2. The minimum Gasteiger partial charge on any atom is -0.444 e. The number of piperidine rings is 1. The van der Waals surface area contributed by atoms with Crippen LogP contribution in [0.5, 0.6) is 0 Å². The fourth-order valence-electron chi connectivity index (χ4n) is 4.63. The SMILES string of the molecule is CC(C)[C@@H](NC(=O)OC(C)(C)C)C(=O)N1CCCC[C@H]1CN(C)c1ncc(B2OC(C)(C)C(C)(C)O2)cn1. The van der Waals surface area contributed by atoms with E-state index in [2.05, 4.69) is 15.3 Å². The fraction of sp³-hybridized carbons (Fsp3) is 0.778. The molecule has 1 N–H and O–H groups in total. The molecule has 11 heteroatoms. The van der Waals surface area contributed by atoms with E-state index in [1.165, 1.54) is 0 Å². The molecule has 2 amide bonds. The van der Waals surface area contributed by atoms with E-state index >= 15 is 0 Å². The maximum absolute atomic E-state index is 13.6. The molecule has 0 bridgehead atoms. The number of hydrogen-bond donors (Lipinski definition) is 1. The number of nitrogens with one attached hydrogen (secondary N) is 1. The van der Waals surface area contributed by atoms with Crippen molar-refractivity contribution in [1.82, 2.24) is 20.2 Å². The van der Waals surface area contributed by atoms with Gasteiger partial charge in [0.25, 0.3) is 0 Å². The summed E-state index contributed by atoms with van der Waals surface area (Å²) in [6, 6.07) is -0.680. The molecule has 0 aromatic carbocycles. The van der Waals surface area contributed by atoms with Crippen molar-refractivity contribution in [3.63, 3.8) is 0 Å². The lowest BCUT2D eigenvalue weighted by molar-refractivity contribution is -0.138. The monoisotopic (exact) mass is 531 g/mol. The van der Waals surface area contributed by atoms with Gasteiger partial charge in [0.2, 0.25) is 11.9 Å². The minimum absolute atomic E-state index is 0.0192. The third kappa shape index (κ3) is 7.17. The van der Waals surface area contributed by atoms with Crippen LogP contribution in [0.2, 0.25) is 0 Å². The molecule has 3 heterocycles. The van der Waals surface area contributed by atoms with Gasteiger partial charge >= 0.3 is 13.2 Å². The van der Waals surface area contributed by atoms with E-state index in [1.54, 1.807) is 33.2 Å². The lowest BCUT2D eigenvalue weighted by atomic mass is 9.81. The number of likely N-dealkylation sites (N-methyl/N-ethyl adjacent to an activating group) is 1. The Kier molecular flexibility index (Phi) is 9.03. The number of carbonyl (C=O) groups excluding carboxylic acids is 2. The van der Waals surface area contributed by atoms with Gasteiger partial charge in [-0.05, 0) is 73.6 Å². The summed E-state index contributed by atoms with van der Waals surface area (Å²) in [7, 11) is 1.41. The van der Waals surface area contributed by atoms with Gasteiger partial charge in [0.05, 0.1) is 11.2 Å². The summed E-state index contributed by atoms with van der Waals surface area (Å²) in [5, 5.41) is 2.81. The van der Waals surface area contributed by atoms with E-state index in [0.717, 1.165) is 24.7 Å². The lowest BCUT2D eigenvalue weighted by Gasteiger charge is -2.40. The fourth-order valence-corrected chi connectivity index (χ4v) is 4.63. The molecular weight excluding hydrogens is 485 g/mol. The summed E-state index contributed by atoms with van der Waals surface area (Å²) < 4.78 is 17.6. The first-order valence-corrected chi connectivity index (χ1v) is 13.7. The standard InChI is InChI=1S/C27H46BN5O5/c1-18(2)21(31-24(35)36-25(3,4)5)22(34)33-14-12-11-13-20(33)17-32(10)23-29-15-19(16-30-23)28-37-26(6,7)27(8,9)38-28/h15-16,18,20-21H,11-14,17H2,1-10H3,(H,31,35)/t20-,21+/m0/s1. The molecule has 2 fully saturated rings. The van der Waals surface area contributed by atoms with Crippen LogP contribution in [0.1, 0.15) is 81.6 Å². The Labute approximate surface area is 228 Å². The normalized spacial score (nSPS) is 21.8. The number of alkyl carbamates (subject to hydrolysis) is 1. The Morgan fingerprint density at radius 1 is 1.16 bits per heavy atom. The van der Waals surface area contributed by atoms with Gasteiger partial charge in [-0.2, -0.15) is 0 Å². The number of rotatable bonds is 7. The van der Waals surface area contributed by atoms with E-state index in [9.17, 15) is 9.59 Å². The number of hydrogen-bond acceptors (Lipinski definition) is 8. The van der Waals surface area contributed by atoms with Crippen molar-refractivity contribution in [3.8, 4) is 0 Å². The van der Waals surface area contributed by atoms with Crippen LogP contribution in [0, 0.1) is 5.92 Å². The molecule has 212 valence electrons. The predicted octanol–water partition coefficient (Wildman–Crippen LogP) is 3.14. The number of carbonyl (C=O) groups is 2. The zero-order valence-electron chi connectivity index (χ0n) is 24.8. The number of anilines is 1. The molecule has 3 rings (SSSR count). The highest BCUT2D eigenvalue weighted by Gasteiger charge is 2.52. The molecule has 38 heavy (non-hydrogen) atoms. The summed E-state index contributed by atoms with van der Waals surface area (Å²) in [5.74, 6) is 0.401. The minimum atomic E-state index is -0.661. The van der Waals surface area contributed by atoms with Gasteiger partial charge < -0.3 is 29.2 Å². The van der Waals surface area contributed by atoms with Crippen LogP contribution in [0.4, 0.5) is 10.7 Å². The topological polar surface area (TPSA) is 106 Å². The van der Waals surface area contributed by atoms with Crippen molar-refractivity contribution >= 4 is 30.5 Å². The van der Waals surface area contributed by atoms with E-state index < -0.39 is 36.1 Å². The van der Waals surface area contributed by atoms with Gasteiger partial charge in [0, 0.05) is 44.0 Å². The molecule has 2 aliphatic heterocycles. The van der Waals surface area contributed by atoms with E-state index in [-0.39, 0.29) is 17.9 Å². The summed E-state index contributed by atoms with van der Waals surface area (Å²) in [6.45, 7) is 18.6. The summed E-state index contributed by atoms with van der Waals surface area (Å²) in [5.41, 5.74) is -0.737. The molecule has 2 saturated heterocycles. The summed E-state index contributed by atoms with van der Waals surface area (Å²) in [4.78, 5) is 39.1. The summed E-state index contributed by atoms with van der Waals surface area (Å²) >= 11 is 0. The second-order valence-corrected chi connectivity index (χ2v) is 12.8. The van der Waals surface area contributed by atoms with Crippen molar-refractivity contribution < 1.29 is 23.6 Å². The first-order valence-electron chi connectivity index (χ1n) is 13.7. The van der Waals surface area contributed by atoms with Crippen LogP contribution in [-0.4, -0.2) is 83.0 Å². The smallest absolute Gasteiger partial charge is 0.444 e. The van der Waals surface area contributed by atoms with Crippen molar-refractivity contribution in [3.05, 3.63) is 12.4 Å². The van der Waals surface area contributed by atoms with Gasteiger partial charge in [-0.25, -0.2) is 14.8 Å². The number of likely N-dealkylation sites (tertiary alicyclic amines) is 1. The van der Waals surface area contributed by atoms with Gasteiger partial charge in [0.1, 0.15) is 11.6 Å². The summed E-state index contributed by atoms with van der Waals surface area (Å²) in [6.07, 6.45) is 5.75. The van der Waals surface area contributed by atoms with Gasteiger partial charge in [-0.3, -0.25) is 4.79 Å². The average Bonchev–Trinajstić information content (AvgIpc) is 3.03. The van der Waals surface area contributed by atoms with Crippen LogP contribution in [-0.2, 0) is 18.8 Å². The number of ether oxygens (including phenoxy) is 1. The number of nitrogens with zero attached hydrogens (tertiary/aromatic N) is 4. The van der Waals surface area contributed by atoms with Crippen molar-refractivity contribution in [2.45, 2.75) is 110 Å². The molecule has 0 radical (unpaired) electrons. The molecule has 0 spiro atoms. The van der Waals surface area contributed by atoms with Crippen LogP contribution in [0.3, 0.4) is 0 Å². The highest BCUT2D eigenvalue weighted by atomic mass is 16.7. The lowest BCUT2D eigenvalue weighted by Crippen LogP contribution is -2.57. The highest BCUT2D eigenvalue weighted by Crippen LogP contribution is 2.36. The molecule has 1 aromatic rings. The van der Waals surface area contributed by atoms with Crippen LogP contribution in [0.25, 0.3) is 0 Å². The molecule has 1 aromatic heterocycles. The molecule has 2 aliphatic rings. The van der Waals surface area contributed by atoms with Crippen molar-refractivity contribution in [2.24, 2.45) is 5.92 Å².